The van der Waals surface area contributed by atoms with E-state index in [9.17, 15) is 14.7 Å². The zero-order valence-corrected chi connectivity index (χ0v) is 10.6. The smallest absolute Gasteiger partial charge is 0.335 e. The first-order valence-corrected chi connectivity index (χ1v) is 6.34. The number of carbonyl (C=O) groups is 2. The molecule has 1 aromatic carbocycles. The molecule has 1 fully saturated rings. The zero-order chi connectivity index (χ0) is 13.8. The number of rotatable bonds is 5. The molecule has 2 rings (SSSR count). The normalized spacial score (nSPS) is 18.9. The van der Waals surface area contributed by atoms with E-state index in [-0.39, 0.29) is 24.1 Å². The van der Waals surface area contributed by atoms with Crippen LogP contribution in [0.1, 0.15) is 28.8 Å². The highest BCUT2D eigenvalue weighted by atomic mass is 16.4. The first-order valence-electron chi connectivity index (χ1n) is 6.34. The molecule has 1 aliphatic rings. The number of amides is 1. The van der Waals surface area contributed by atoms with Crippen LogP contribution in [-0.4, -0.2) is 46.2 Å². The summed E-state index contributed by atoms with van der Waals surface area (Å²) in [4.78, 5) is 24.1. The minimum atomic E-state index is -0.943. The average Bonchev–Trinajstić information content (AvgIpc) is 2.77. The summed E-state index contributed by atoms with van der Waals surface area (Å²) < 4.78 is 0. The Kier molecular flexibility index (Phi) is 4.16. The van der Waals surface area contributed by atoms with Crippen LogP contribution in [0.25, 0.3) is 0 Å². The number of hydrogen-bond donors (Lipinski definition) is 2. The van der Waals surface area contributed by atoms with Gasteiger partial charge in [-0.3, -0.25) is 4.79 Å². The molecule has 1 aromatic rings. The fourth-order valence-corrected chi connectivity index (χ4v) is 2.35. The standard InChI is InChI=1S/C14H17NO4/c16-9-12-5-6-13(17)15(12)8-7-10-1-3-11(4-2-10)14(18)19/h1-4,12,16H,5-9H2,(H,18,19). The molecule has 1 saturated heterocycles. The first-order chi connectivity index (χ1) is 9.11. The van der Waals surface area contributed by atoms with E-state index in [4.69, 9.17) is 5.11 Å². The molecule has 2 N–H and O–H groups in total. The van der Waals surface area contributed by atoms with Crippen molar-refractivity contribution >= 4 is 11.9 Å². The Morgan fingerprint density at radius 2 is 2.00 bits per heavy atom. The summed E-state index contributed by atoms with van der Waals surface area (Å²) in [5.41, 5.74) is 1.25. The van der Waals surface area contributed by atoms with Crippen molar-refractivity contribution < 1.29 is 19.8 Å². The van der Waals surface area contributed by atoms with E-state index in [1.54, 1.807) is 29.2 Å². The van der Waals surface area contributed by atoms with Crippen LogP contribution in [0.2, 0.25) is 0 Å². The molecule has 0 aromatic heterocycles. The highest BCUT2D eigenvalue weighted by Gasteiger charge is 2.29. The van der Waals surface area contributed by atoms with Crippen molar-refractivity contribution in [3.05, 3.63) is 35.4 Å². The fourth-order valence-electron chi connectivity index (χ4n) is 2.35. The summed E-state index contributed by atoms with van der Waals surface area (Å²) in [7, 11) is 0. The largest absolute Gasteiger partial charge is 0.478 e. The molecule has 0 bridgehead atoms. The molecule has 19 heavy (non-hydrogen) atoms. The van der Waals surface area contributed by atoms with Gasteiger partial charge in [0, 0.05) is 13.0 Å². The second-order valence-corrected chi connectivity index (χ2v) is 4.71. The Balaban J connectivity index is 1.94. The van der Waals surface area contributed by atoms with Gasteiger partial charge in [-0.25, -0.2) is 4.79 Å². The number of aliphatic hydroxyl groups excluding tert-OH is 1. The second kappa shape index (κ2) is 5.84. The number of hydrogen-bond acceptors (Lipinski definition) is 3. The molecule has 0 saturated carbocycles. The minimum Gasteiger partial charge on any atom is -0.478 e. The van der Waals surface area contributed by atoms with Crippen molar-refractivity contribution in [1.82, 2.24) is 4.90 Å². The van der Waals surface area contributed by atoms with Crippen LogP contribution in [0, 0.1) is 0 Å². The molecule has 1 heterocycles. The monoisotopic (exact) mass is 263 g/mol. The molecular formula is C14H17NO4. The van der Waals surface area contributed by atoms with E-state index in [0.717, 1.165) is 5.56 Å². The van der Waals surface area contributed by atoms with Crippen molar-refractivity contribution in [1.29, 1.82) is 0 Å². The third kappa shape index (κ3) is 3.12. The number of likely N-dealkylation sites (tertiary alicyclic amines) is 1. The molecule has 0 spiro atoms. The number of carboxylic acids is 1. The van der Waals surface area contributed by atoms with Gasteiger partial charge < -0.3 is 15.1 Å². The van der Waals surface area contributed by atoms with Crippen LogP contribution < -0.4 is 0 Å². The Labute approximate surface area is 111 Å². The van der Waals surface area contributed by atoms with Crippen LogP contribution in [0.15, 0.2) is 24.3 Å². The number of benzene rings is 1. The van der Waals surface area contributed by atoms with Crippen LogP contribution in [-0.2, 0) is 11.2 Å². The molecule has 1 unspecified atom stereocenters. The Bertz CT molecular complexity index is 469. The summed E-state index contributed by atoms with van der Waals surface area (Å²) in [6.07, 6.45) is 1.89. The van der Waals surface area contributed by atoms with E-state index in [1.165, 1.54) is 0 Å². The fraction of sp³-hybridized carbons (Fsp3) is 0.429. The molecule has 1 aliphatic heterocycles. The van der Waals surface area contributed by atoms with Gasteiger partial charge in [-0.05, 0) is 30.5 Å². The van der Waals surface area contributed by atoms with Gasteiger partial charge in [0.05, 0.1) is 18.2 Å². The maximum atomic E-state index is 11.6. The third-order valence-corrected chi connectivity index (χ3v) is 3.51. The third-order valence-electron chi connectivity index (χ3n) is 3.51. The van der Waals surface area contributed by atoms with Gasteiger partial charge in [0.15, 0.2) is 0 Å². The number of aromatic carboxylic acids is 1. The van der Waals surface area contributed by atoms with Gasteiger partial charge >= 0.3 is 5.97 Å². The van der Waals surface area contributed by atoms with Gasteiger partial charge in [0.2, 0.25) is 5.91 Å². The van der Waals surface area contributed by atoms with Crippen molar-refractivity contribution in [2.45, 2.75) is 25.3 Å². The van der Waals surface area contributed by atoms with Gasteiger partial charge in [-0.15, -0.1) is 0 Å². The van der Waals surface area contributed by atoms with E-state index in [0.29, 0.717) is 25.8 Å². The van der Waals surface area contributed by atoms with Crippen molar-refractivity contribution in [2.24, 2.45) is 0 Å². The molecule has 0 radical (unpaired) electrons. The predicted molar refractivity (Wildman–Crippen MR) is 68.9 cm³/mol. The Morgan fingerprint density at radius 3 is 2.58 bits per heavy atom. The Morgan fingerprint density at radius 1 is 1.32 bits per heavy atom. The van der Waals surface area contributed by atoms with E-state index < -0.39 is 5.97 Å². The highest BCUT2D eigenvalue weighted by molar-refractivity contribution is 5.87. The summed E-state index contributed by atoms with van der Waals surface area (Å²) >= 11 is 0. The maximum absolute atomic E-state index is 11.6. The summed E-state index contributed by atoms with van der Waals surface area (Å²) in [6.45, 7) is 0.570. The van der Waals surface area contributed by atoms with Gasteiger partial charge in [0.1, 0.15) is 0 Å². The summed E-state index contributed by atoms with van der Waals surface area (Å²) in [5.74, 6) is -0.858. The lowest BCUT2D eigenvalue weighted by Gasteiger charge is -2.23. The van der Waals surface area contributed by atoms with E-state index >= 15 is 0 Å². The molecule has 0 aliphatic carbocycles. The predicted octanol–water partition coefficient (Wildman–Crippen LogP) is 0.911. The minimum absolute atomic E-state index is 0.00366. The second-order valence-electron chi connectivity index (χ2n) is 4.71. The maximum Gasteiger partial charge on any atom is 0.335 e. The molecule has 5 heteroatoms. The van der Waals surface area contributed by atoms with Gasteiger partial charge in [0.25, 0.3) is 0 Å². The lowest BCUT2D eigenvalue weighted by Crippen LogP contribution is -2.36. The lowest BCUT2D eigenvalue weighted by molar-refractivity contribution is -0.129. The average molecular weight is 263 g/mol. The van der Waals surface area contributed by atoms with Crippen LogP contribution in [0.3, 0.4) is 0 Å². The zero-order valence-electron chi connectivity index (χ0n) is 10.6. The van der Waals surface area contributed by atoms with Crippen molar-refractivity contribution in [3.8, 4) is 0 Å². The number of nitrogens with zero attached hydrogens (tertiary/aromatic N) is 1. The van der Waals surface area contributed by atoms with Crippen molar-refractivity contribution in [3.63, 3.8) is 0 Å². The molecular weight excluding hydrogens is 246 g/mol. The van der Waals surface area contributed by atoms with Crippen LogP contribution in [0.4, 0.5) is 0 Å². The quantitative estimate of drug-likeness (QED) is 0.827. The van der Waals surface area contributed by atoms with Crippen molar-refractivity contribution in [2.75, 3.05) is 13.2 Å². The molecule has 102 valence electrons. The summed E-state index contributed by atoms with van der Waals surface area (Å²) in [6, 6.07) is 6.58. The van der Waals surface area contributed by atoms with Gasteiger partial charge in [-0.2, -0.15) is 0 Å². The number of carbonyl (C=O) groups excluding carboxylic acids is 1. The number of carboxylic acid groups (broad SMARTS) is 1. The SMILES string of the molecule is O=C(O)c1ccc(CCN2C(=O)CCC2CO)cc1. The first kappa shape index (κ1) is 13.5. The van der Waals surface area contributed by atoms with Crippen LogP contribution in [0.5, 0.6) is 0 Å². The Hall–Kier alpha value is -1.88. The topological polar surface area (TPSA) is 77.8 Å². The van der Waals surface area contributed by atoms with Gasteiger partial charge in [-0.1, -0.05) is 12.1 Å². The lowest BCUT2D eigenvalue weighted by atomic mass is 10.1. The summed E-state index contributed by atoms with van der Waals surface area (Å²) in [5, 5.41) is 18.0. The highest BCUT2D eigenvalue weighted by Crippen LogP contribution is 2.18. The van der Waals surface area contributed by atoms with Crippen LogP contribution >= 0.6 is 0 Å². The molecule has 1 atom stereocenters. The molecule has 1 amide bonds. The van der Waals surface area contributed by atoms with E-state index in [1.807, 2.05) is 0 Å². The number of aliphatic hydroxyl groups is 1. The van der Waals surface area contributed by atoms with E-state index in [2.05, 4.69) is 0 Å². The molecule has 5 nitrogen and oxygen atoms in total.